The number of nitrogens with one attached hydrogen (secondary N) is 1. The van der Waals surface area contributed by atoms with Crippen molar-refractivity contribution < 1.29 is 9.18 Å². The van der Waals surface area contributed by atoms with Crippen molar-refractivity contribution in [2.45, 2.75) is 38.3 Å². The van der Waals surface area contributed by atoms with E-state index in [1.807, 2.05) is 11.0 Å². The zero-order valence-electron chi connectivity index (χ0n) is 11.8. The van der Waals surface area contributed by atoms with Gasteiger partial charge in [-0.05, 0) is 42.9 Å². The predicted molar refractivity (Wildman–Crippen MR) is 75.7 cm³/mol. The van der Waals surface area contributed by atoms with E-state index >= 15 is 0 Å². The molecule has 2 fully saturated rings. The number of rotatable bonds is 4. The van der Waals surface area contributed by atoms with Gasteiger partial charge in [-0.2, -0.15) is 0 Å². The van der Waals surface area contributed by atoms with Crippen LogP contribution >= 0.6 is 0 Å². The van der Waals surface area contributed by atoms with E-state index in [0.29, 0.717) is 18.5 Å². The third-order valence-electron chi connectivity index (χ3n) is 4.18. The molecule has 3 nitrogen and oxygen atoms in total. The molecule has 108 valence electrons. The number of halogens is 1. The first-order valence-corrected chi connectivity index (χ1v) is 7.42. The minimum absolute atomic E-state index is 0.0224. The van der Waals surface area contributed by atoms with Crippen molar-refractivity contribution in [2.75, 3.05) is 13.1 Å². The van der Waals surface area contributed by atoms with Crippen LogP contribution in [0.5, 0.6) is 0 Å². The smallest absolute Gasteiger partial charge is 0.237 e. The summed E-state index contributed by atoms with van der Waals surface area (Å²) in [6.45, 7) is 3.32. The van der Waals surface area contributed by atoms with Gasteiger partial charge in [0.05, 0.1) is 12.6 Å². The van der Waals surface area contributed by atoms with Crippen LogP contribution in [0.15, 0.2) is 24.3 Å². The summed E-state index contributed by atoms with van der Waals surface area (Å²) in [5.41, 5.74) is 0.911. The van der Waals surface area contributed by atoms with E-state index in [2.05, 4.69) is 12.2 Å². The van der Waals surface area contributed by atoms with Crippen LogP contribution in [0, 0.1) is 11.7 Å². The highest BCUT2D eigenvalue weighted by atomic mass is 19.1. The normalized spacial score (nSPS) is 26.0. The van der Waals surface area contributed by atoms with Crippen molar-refractivity contribution in [3.8, 4) is 0 Å². The first-order chi connectivity index (χ1) is 9.63. The van der Waals surface area contributed by atoms with Crippen LogP contribution in [-0.2, 0) is 4.79 Å². The molecule has 1 aromatic carbocycles. The van der Waals surface area contributed by atoms with Gasteiger partial charge in [-0.3, -0.25) is 4.79 Å². The van der Waals surface area contributed by atoms with Gasteiger partial charge in [0.1, 0.15) is 5.82 Å². The van der Waals surface area contributed by atoms with Crippen molar-refractivity contribution in [3.63, 3.8) is 0 Å². The lowest BCUT2D eigenvalue weighted by molar-refractivity contribution is -0.131. The Morgan fingerprint density at radius 1 is 1.45 bits per heavy atom. The predicted octanol–water partition coefficient (Wildman–Crippen LogP) is 2.49. The van der Waals surface area contributed by atoms with Crippen LogP contribution in [0.1, 0.15) is 37.8 Å². The fourth-order valence-electron chi connectivity index (χ4n) is 2.97. The number of benzene rings is 1. The molecule has 1 aliphatic carbocycles. The van der Waals surface area contributed by atoms with Gasteiger partial charge in [0.25, 0.3) is 0 Å². The molecule has 0 unspecified atom stereocenters. The molecule has 1 amide bonds. The van der Waals surface area contributed by atoms with Crippen LogP contribution in [0.3, 0.4) is 0 Å². The Hall–Kier alpha value is -1.42. The summed E-state index contributed by atoms with van der Waals surface area (Å²) < 4.78 is 13.4. The minimum Gasteiger partial charge on any atom is -0.334 e. The molecule has 4 heteroatoms. The average molecular weight is 276 g/mol. The maximum atomic E-state index is 13.4. The van der Waals surface area contributed by atoms with Gasteiger partial charge in [0.15, 0.2) is 0 Å². The lowest BCUT2D eigenvalue weighted by Crippen LogP contribution is -2.38. The highest BCUT2D eigenvalue weighted by Crippen LogP contribution is 2.35. The van der Waals surface area contributed by atoms with Crippen molar-refractivity contribution in [3.05, 3.63) is 35.6 Å². The number of hydrogen-bond acceptors (Lipinski definition) is 2. The average Bonchev–Trinajstić information content (AvgIpc) is 3.17. The molecule has 1 aromatic rings. The highest BCUT2D eigenvalue weighted by molar-refractivity contribution is 5.79. The standard InChI is InChI=1S/C16H21FN2O/c1-11-7-15(12-3-2-4-13(17)8-12)19(10-11)16(20)9-18-14-5-6-14/h2-4,8,11,14-15,18H,5-7,9-10H2,1H3/t11-,15-/m1/s1. The Morgan fingerprint density at radius 2 is 2.25 bits per heavy atom. The Labute approximate surface area is 119 Å². The van der Waals surface area contributed by atoms with E-state index in [1.165, 1.54) is 18.9 Å². The van der Waals surface area contributed by atoms with E-state index in [1.54, 1.807) is 12.1 Å². The van der Waals surface area contributed by atoms with Gasteiger partial charge in [-0.1, -0.05) is 19.1 Å². The van der Waals surface area contributed by atoms with Gasteiger partial charge in [0.2, 0.25) is 5.91 Å². The molecule has 3 rings (SSSR count). The minimum atomic E-state index is -0.231. The van der Waals surface area contributed by atoms with Gasteiger partial charge < -0.3 is 10.2 Å². The number of nitrogens with zero attached hydrogens (tertiary/aromatic N) is 1. The second kappa shape index (κ2) is 5.52. The molecule has 2 aliphatic rings. The summed E-state index contributed by atoms with van der Waals surface area (Å²) in [6.07, 6.45) is 3.27. The fraction of sp³-hybridized carbons (Fsp3) is 0.562. The number of amides is 1. The molecular formula is C16H21FN2O. The quantitative estimate of drug-likeness (QED) is 0.916. The summed E-state index contributed by atoms with van der Waals surface area (Å²) in [6, 6.07) is 7.19. The molecule has 0 radical (unpaired) electrons. The largest absolute Gasteiger partial charge is 0.334 e. The van der Waals surface area contributed by atoms with Crippen molar-refractivity contribution in [1.82, 2.24) is 10.2 Å². The number of hydrogen-bond donors (Lipinski definition) is 1. The molecule has 0 aromatic heterocycles. The van der Waals surface area contributed by atoms with Crippen molar-refractivity contribution >= 4 is 5.91 Å². The summed E-state index contributed by atoms with van der Waals surface area (Å²) >= 11 is 0. The van der Waals surface area contributed by atoms with Crippen LogP contribution in [0.25, 0.3) is 0 Å². The van der Waals surface area contributed by atoms with E-state index in [0.717, 1.165) is 18.5 Å². The Morgan fingerprint density at radius 3 is 2.95 bits per heavy atom. The maximum absolute atomic E-state index is 13.4. The highest BCUT2D eigenvalue weighted by Gasteiger charge is 2.34. The zero-order valence-corrected chi connectivity index (χ0v) is 11.8. The first-order valence-electron chi connectivity index (χ1n) is 7.42. The van der Waals surface area contributed by atoms with E-state index in [9.17, 15) is 9.18 Å². The van der Waals surface area contributed by atoms with Crippen molar-refractivity contribution in [1.29, 1.82) is 0 Å². The lowest BCUT2D eigenvalue weighted by Gasteiger charge is -2.25. The molecule has 1 aliphatic heterocycles. The van der Waals surface area contributed by atoms with Gasteiger partial charge in [-0.15, -0.1) is 0 Å². The van der Waals surface area contributed by atoms with Crippen LogP contribution in [0.2, 0.25) is 0 Å². The zero-order chi connectivity index (χ0) is 14.1. The molecule has 1 heterocycles. The molecule has 1 N–H and O–H groups in total. The summed E-state index contributed by atoms with van der Waals surface area (Å²) in [5.74, 6) is 0.370. The topological polar surface area (TPSA) is 32.3 Å². The lowest BCUT2D eigenvalue weighted by atomic mass is 10.0. The SMILES string of the molecule is C[C@@H]1C[C@H](c2cccc(F)c2)N(C(=O)CNC2CC2)C1. The third-order valence-corrected chi connectivity index (χ3v) is 4.18. The van der Waals surface area contributed by atoms with Gasteiger partial charge >= 0.3 is 0 Å². The van der Waals surface area contributed by atoms with E-state index < -0.39 is 0 Å². The molecular weight excluding hydrogens is 255 g/mol. The number of carbonyl (C=O) groups excluding carboxylic acids is 1. The van der Waals surface area contributed by atoms with Gasteiger partial charge in [-0.25, -0.2) is 4.39 Å². The molecule has 2 atom stereocenters. The Bertz CT molecular complexity index is 501. The van der Waals surface area contributed by atoms with Crippen LogP contribution < -0.4 is 5.32 Å². The number of carbonyl (C=O) groups is 1. The van der Waals surface area contributed by atoms with Crippen LogP contribution in [0.4, 0.5) is 4.39 Å². The molecule has 1 saturated heterocycles. The van der Waals surface area contributed by atoms with Gasteiger partial charge in [0, 0.05) is 12.6 Å². The fourth-order valence-corrected chi connectivity index (χ4v) is 2.97. The number of likely N-dealkylation sites (tertiary alicyclic amines) is 1. The second-order valence-corrected chi connectivity index (χ2v) is 6.11. The first kappa shape index (κ1) is 13.6. The Kier molecular flexibility index (Phi) is 3.74. The molecule has 0 bridgehead atoms. The summed E-state index contributed by atoms with van der Waals surface area (Å²) in [7, 11) is 0. The molecule has 1 saturated carbocycles. The second-order valence-electron chi connectivity index (χ2n) is 6.11. The summed E-state index contributed by atoms with van der Waals surface area (Å²) in [5, 5.41) is 3.27. The monoisotopic (exact) mass is 276 g/mol. The molecule has 20 heavy (non-hydrogen) atoms. The Balaban J connectivity index is 1.72. The summed E-state index contributed by atoms with van der Waals surface area (Å²) in [4.78, 5) is 14.3. The molecule has 0 spiro atoms. The van der Waals surface area contributed by atoms with E-state index in [-0.39, 0.29) is 17.8 Å². The third kappa shape index (κ3) is 3.01. The van der Waals surface area contributed by atoms with E-state index in [4.69, 9.17) is 0 Å². The van der Waals surface area contributed by atoms with Crippen molar-refractivity contribution in [2.24, 2.45) is 5.92 Å². The maximum Gasteiger partial charge on any atom is 0.237 e. The van der Waals surface area contributed by atoms with Crippen LogP contribution in [-0.4, -0.2) is 29.9 Å².